The number of anilines is 1. The van der Waals surface area contributed by atoms with Gasteiger partial charge in [0.05, 0.1) is 4.92 Å². The Morgan fingerprint density at radius 2 is 1.93 bits per heavy atom. The molecule has 2 amide bonds. The molecular weight excluding hydrogens is 352 g/mol. The first-order valence-corrected chi connectivity index (χ1v) is 9.16. The van der Waals surface area contributed by atoms with Crippen LogP contribution in [0.4, 0.5) is 16.2 Å². The van der Waals surface area contributed by atoms with Crippen molar-refractivity contribution in [2.75, 3.05) is 38.0 Å². The SMILES string of the molecule is CCN(CC)C(=O)c1ccc(NCC2CCN(C(=O)O)CC2)c([N+](=O)[O-])c1. The summed E-state index contributed by atoms with van der Waals surface area (Å²) in [6, 6.07) is 4.49. The van der Waals surface area contributed by atoms with Gasteiger partial charge in [0.1, 0.15) is 5.69 Å². The summed E-state index contributed by atoms with van der Waals surface area (Å²) >= 11 is 0. The Morgan fingerprint density at radius 1 is 1.30 bits per heavy atom. The number of hydrogen-bond acceptors (Lipinski definition) is 5. The number of carboxylic acid groups (broad SMARTS) is 1. The highest BCUT2D eigenvalue weighted by atomic mass is 16.6. The topological polar surface area (TPSA) is 116 Å². The molecule has 1 aromatic carbocycles. The number of carbonyl (C=O) groups is 2. The quantitative estimate of drug-likeness (QED) is 0.557. The Hall–Kier alpha value is -2.84. The Labute approximate surface area is 158 Å². The highest BCUT2D eigenvalue weighted by Gasteiger charge is 2.24. The third-order valence-corrected chi connectivity index (χ3v) is 4.96. The molecule has 2 N–H and O–H groups in total. The van der Waals surface area contributed by atoms with E-state index < -0.39 is 11.0 Å². The maximum Gasteiger partial charge on any atom is 0.407 e. The molecule has 148 valence electrons. The van der Waals surface area contributed by atoms with Crippen molar-refractivity contribution in [1.29, 1.82) is 0 Å². The van der Waals surface area contributed by atoms with Crippen LogP contribution in [0, 0.1) is 16.0 Å². The van der Waals surface area contributed by atoms with Crippen molar-refractivity contribution in [2.24, 2.45) is 5.92 Å². The Kier molecular flexibility index (Phi) is 6.98. The van der Waals surface area contributed by atoms with Gasteiger partial charge in [0.2, 0.25) is 0 Å². The van der Waals surface area contributed by atoms with E-state index in [0.29, 0.717) is 56.8 Å². The maximum atomic E-state index is 12.4. The molecule has 27 heavy (non-hydrogen) atoms. The highest BCUT2D eigenvalue weighted by molar-refractivity contribution is 5.95. The second kappa shape index (κ2) is 9.20. The Morgan fingerprint density at radius 3 is 2.44 bits per heavy atom. The van der Waals surface area contributed by atoms with Crippen LogP contribution in [0.25, 0.3) is 0 Å². The Balaban J connectivity index is 2.06. The summed E-state index contributed by atoms with van der Waals surface area (Å²) in [5.41, 5.74) is 0.540. The summed E-state index contributed by atoms with van der Waals surface area (Å²) < 4.78 is 0. The van der Waals surface area contributed by atoms with Crippen LogP contribution in [0.5, 0.6) is 0 Å². The molecule has 0 aliphatic carbocycles. The van der Waals surface area contributed by atoms with E-state index in [1.54, 1.807) is 17.0 Å². The van der Waals surface area contributed by atoms with E-state index in [1.807, 2.05) is 13.8 Å². The summed E-state index contributed by atoms with van der Waals surface area (Å²) in [6.07, 6.45) is 0.516. The lowest BCUT2D eigenvalue weighted by atomic mass is 9.97. The van der Waals surface area contributed by atoms with Crippen LogP contribution < -0.4 is 5.32 Å². The number of nitrogens with zero attached hydrogens (tertiary/aromatic N) is 3. The highest BCUT2D eigenvalue weighted by Crippen LogP contribution is 2.27. The lowest BCUT2D eigenvalue weighted by molar-refractivity contribution is -0.384. The van der Waals surface area contributed by atoms with Crippen molar-refractivity contribution in [3.8, 4) is 0 Å². The number of likely N-dealkylation sites (tertiary alicyclic amines) is 1. The zero-order valence-electron chi connectivity index (χ0n) is 15.7. The van der Waals surface area contributed by atoms with Gasteiger partial charge in [0.15, 0.2) is 0 Å². The lowest BCUT2D eigenvalue weighted by Crippen LogP contribution is -2.39. The molecule has 0 unspecified atom stereocenters. The van der Waals surface area contributed by atoms with Gasteiger partial charge >= 0.3 is 6.09 Å². The molecule has 0 saturated carbocycles. The van der Waals surface area contributed by atoms with E-state index in [1.165, 1.54) is 11.0 Å². The van der Waals surface area contributed by atoms with E-state index in [4.69, 9.17) is 5.11 Å². The molecular formula is C18H26N4O5. The first-order valence-electron chi connectivity index (χ1n) is 9.16. The molecule has 1 saturated heterocycles. The van der Waals surface area contributed by atoms with Gasteiger partial charge in [-0.25, -0.2) is 4.79 Å². The summed E-state index contributed by atoms with van der Waals surface area (Å²) in [4.78, 5) is 37.3. The fraction of sp³-hybridized carbons (Fsp3) is 0.556. The largest absolute Gasteiger partial charge is 0.465 e. The molecule has 0 bridgehead atoms. The predicted octanol–water partition coefficient (Wildman–Crippen LogP) is 2.88. The summed E-state index contributed by atoms with van der Waals surface area (Å²) in [5, 5.41) is 23.5. The van der Waals surface area contributed by atoms with Gasteiger partial charge in [0.25, 0.3) is 11.6 Å². The number of amides is 2. The van der Waals surface area contributed by atoms with Crippen LogP contribution in [-0.2, 0) is 0 Å². The van der Waals surface area contributed by atoms with Crippen molar-refractivity contribution >= 4 is 23.4 Å². The van der Waals surface area contributed by atoms with Crippen LogP contribution >= 0.6 is 0 Å². The molecule has 1 aliphatic heterocycles. The van der Waals surface area contributed by atoms with Crippen LogP contribution in [0.3, 0.4) is 0 Å². The minimum absolute atomic E-state index is 0.129. The van der Waals surface area contributed by atoms with Crippen molar-refractivity contribution < 1.29 is 19.6 Å². The molecule has 1 aliphatic rings. The minimum atomic E-state index is -0.912. The van der Waals surface area contributed by atoms with E-state index in [-0.39, 0.29) is 17.5 Å². The van der Waals surface area contributed by atoms with Crippen LogP contribution in [-0.4, -0.2) is 64.6 Å². The molecule has 1 heterocycles. The number of piperidine rings is 1. The molecule has 1 aromatic rings. The minimum Gasteiger partial charge on any atom is -0.465 e. The van der Waals surface area contributed by atoms with Crippen molar-refractivity contribution in [1.82, 2.24) is 9.80 Å². The molecule has 0 radical (unpaired) electrons. The van der Waals surface area contributed by atoms with Crippen LogP contribution in [0.1, 0.15) is 37.0 Å². The molecule has 0 atom stereocenters. The van der Waals surface area contributed by atoms with E-state index in [2.05, 4.69) is 5.32 Å². The second-order valence-electron chi connectivity index (χ2n) is 6.56. The summed E-state index contributed by atoms with van der Waals surface area (Å²) in [5.74, 6) is 0.0212. The van der Waals surface area contributed by atoms with Crippen molar-refractivity contribution in [3.05, 3.63) is 33.9 Å². The molecule has 2 rings (SSSR count). The Bertz CT molecular complexity index is 697. The van der Waals surface area contributed by atoms with E-state index in [9.17, 15) is 19.7 Å². The smallest absolute Gasteiger partial charge is 0.407 e. The van der Waals surface area contributed by atoms with Gasteiger partial charge in [-0.05, 0) is 44.7 Å². The fourth-order valence-electron chi connectivity index (χ4n) is 3.24. The van der Waals surface area contributed by atoms with Gasteiger partial charge in [-0.1, -0.05) is 0 Å². The number of hydrogen-bond donors (Lipinski definition) is 2. The number of carbonyl (C=O) groups excluding carboxylic acids is 1. The fourth-order valence-corrected chi connectivity index (χ4v) is 3.24. The third-order valence-electron chi connectivity index (χ3n) is 4.96. The number of rotatable bonds is 7. The van der Waals surface area contributed by atoms with E-state index >= 15 is 0 Å². The van der Waals surface area contributed by atoms with Gasteiger partial charge in [-0.15, -0.1) is 0 Å². The van der Waals surface area contributed by atoms with Crippen molar-refractivity contribution in [2.45, 2.75) is 26.7 Å². The molecule has 0 aromatic heterocycles. The number of benzene rings is 1. The number of nitrogens with one attached hydrogen (secondary N) is 1. The van der Waals surface area contributed by atoms with Crippen LogP contribution in [0.2, 0.25) is 0 Å². The summed E-state index contributed by atoms with van der Waals surface area (Å²) in [6.45, 7) is 6.28. The van der Waals surface area contributed by atoms with Gasteiger partial charge in [-0.2, -0.15) is 0 Å². The first kappa shape index (κ1) is 20.5. The number of nitro benzene ring substituents is 1. The maximum absolute atomic E-state index is 12.4. The van der Waals surface area contributed by atoms with E-state index in [0.717, 1.165) is 0 Å². The van der Waals surface area contributed by atoms with Gasteiger partial charge in [-0.3, -0.25) is 14.9 Å². The monoisotopic (exact) mass is 378 g/mol. The van der Waals surface area contributed by atoms with Crippen LogP contribution in [0.15, 0.2) is 18.2 Å². The standard InChI is InChI=1S/C18H26N4O5/c1-3-20(4-2)17(23)14-5-6-15(16(11-14)22(26)27)19-12-13-7-9-21(10-8-13)18(24)25/h5-6,11,13,19H,3-4,7-10,12H2,1-2H3,(H,24,25). The zero-order chi connectivity index (χ0) is 20.0. The second-order valence-corrected chi connectivity index (χ2v) is 6.56. The average Bonchev–Trinajstić information content (AvgIpc) is 2.67. The summed E-state index contributed by atoms with van der Waals surface area (Å²) in [7, 11) is 0. The third kappa shape index (κ3) is 5.08. The van der Waals surface area contributed by atoms with Crippen molar-refractivity contribution in [3.63, 3.8) is 0 Å². The molecule has 1 fully saturated rings. The normalized spacial score (nSPS) is 14.7. The van der Waals surface area contributed by atoms with Gasteiger partial charge in [0, 0.05) is 44.4 Å². The molecule has 9 nitrogen and oxygen atoms in total. The average molecular weight is 378 g/mol. The predicted molar refractivity (Wildman–Crippen MR) is 101 cm³/mol. The zero-order valence-corrected chi connectivity index (χ0v) is 15.7. The molecule has 9 heteroatoms. The van der Waals surface area contributed by atoms with Gasteiger partial charge < -0.3 is 20.2 Å². The number of nitro groups is 1. The lowest BCUT2D eigenvalue weighted by Gasteiger charge is -2.30. The molecule has 0 spiro atoms. The first-order chi connectivity index (χ1) is 12.9.